The summed E-state index contributed by atoms with van der Waals surface area (Å²) < 4.78 is 7.61. The van der Waals surface area contributed by atoms with Crippen LogP contribution in [-0.2, 0) is 16.1 Å². The number of ether oxygens (including phenoxy) is 1. The van der Waals surface area contributed by atoms with Gasteiger partial charge in [-0.2, -0.15) is 5.10 Å². The van der Waals surface area contributed by atoms with E-state index in [2.05, 4.69) is 21.0 Å². The van der Waals surface area contributed by atoms with Crippen LogP contribution < -0.4 is 0 Å². The van der Waals surface area contributed by atoms with Crippen molar-refractivity contribution in [2.75, 3.05) is 6.61 Å². The summed E-state index contributed by atoms with van der Waals surface area (Å²) in [4.78, 5) is 11.0. The van der Waals surface area contributed by atoms with Crippen molar-refractivity contribution in [2.24, 2.45) is 0 Å². The third kappa shape index (κ3) is 3.20. The van der Waals surface area contributed by atoms with Crippen LogP contribution in [0.1, 0.15) is 18.3 Å². The summed E-state index contributed by atoms with van der Waals surface area (Å²) in [5.74, 6) is -0.317. The average molecular weight is 287 g/mol. The molecule has 0 unspecified atom stereocenters. The van der Waals surface area contributed by atoms with Gasteiger partial charge >= 0.3 is 5.97 Å². The molecule has 0 saturated carbocycles. The van der Waals surface area contributed by atoms with Crippen LogP contribution >= 0.6 is 15.9 Å². The predicted molar refractivity (Wildman–Crippen MR) is 65.2 cm³/mol. The van der Waals surface area contributed by atoms with E-state index in [-0.39, 0.29) is 5.97 Å². The summed E-state index contributed by atoms with van der Waals surface area (Å²) >= 11 is 3.45. The molecule has 0 fully saturated rings. The lowest BCUT2D eigenvalue weighted by atomic mass is 10.4. The standard InChI is InChI=1S/C11H15BrN2O2/c1-4-16-10(15)6-5-7-14-9(3)11(12)8(2)13-14/h5-6H,4,7H2,1-3H3/b6-5+. The van der Waals surface area contributed by atoms with Crippen LogP contribution in [0.3, 0.4) is 0 Å². The number of aromatic nitrogens is 2. The molecular weight excluding hydrogens is 272 g/mol. The first-order chi connectivity index (χ1) is 7.56. The molecule has 1 heterocycles. The molecule has 0 bridgehead atoms. The van der Waals surface area contributed by atoms with Gasteiger partial charge in [0.25, 0.3) is 0 Å². The van der Waals surface area contributed by atoms with Crippen molar-refractivity contribution in [1.29, 1.82) is 0 Å². The quantitative estimate of drug-likeness (QED) is 0.631. The fraction of sp³-hybridized carbons (Fsp3) is 0.455. The Balaban J connectivity index is 2.61. The maximum Gasteiger partial charge on any atom is 0.330 e. The van der Waals surface area contributed by atoms with Crippen molar-refractivity contribution < 1.29 is 9.53 Å². The van der Waals surface area contributed by atoms with E-state index in [9.17, 15) is 4.79 Å². The largest absolute Gasteiger partial charge is 0.463 e. The summed E-state index contributed by atoms with van der Waals surface area (Å²) in [5, 5.41) is 4.32. The second-order valence-electron chi connectivity index (χ2n) is 3.32. The van der Waals surface area contributed by atoms with Gasteiger partial charge in [0.2, 0.25) is 0 Å². The van der Waals surface area contributed by atoms with E-state index in [1.54, 1.807) is 13.0 Å². The van der Waals surface area contributed by atoms with Gasteiger partial charge in [0.1, 0.15) is 0 Å². The first kappa shape index (κ1) is 13.0. The zero-order valence-electron chi connectivity index (χ0n) is 9.66. The number of allylic oxidation sites excluding steroid dienone is 1. The third-order valence-electron chi connectivity index (χ3n) is 2.11. The maximum atomic E-state index is 11.0. The number of nitrogens with zero attached hydrogens (tertiary/aromatic N) is 2. The number of hydrogen-bond donors (Lipinski definition) is 0. The molecule has 0 aliphatic carbocycles. The van der Waals surface area contributed by atoms with Crippen molar-refractivity contribution in [2.45, 2.75) is 27.3 Å². The molecular formula is C11H15BrN2O2. The zero-order chi connectivity index (χ0) is 12.1. The van der Waals surface area contributed by atoms with E-state index in [0.29, 0.717) is 13.2 Å². The highest BCUT2D eigenvalue weighted by molar-refractivity contribution is 9.10. The van der Waals surface area contributed by atoms with Crippen molar-refractivity contribution in [3.05, 3.63) is 28.0 Å². The van der Waals surface area contributed by atoms with E-state index < -0.39 is 0 Å². The molecule has 5 heteroatoms. The van der Waals surface area contributed by atoms with Crippen molar-refractivity contribution in [3.63, 3.8) is 0 Å². The summed E-state index contributed by atoms with van der Waals surface area (Å²) in [6.45, 7) is 6.65. The van der Waals surface area contributed by atoms with E-state index in [1.807, 2.05) is 18.5 Å². The first-order valence-corrected chi connectivity index (χ1v) is 5.88. The molecule has 4 nitrogen and oxygen atoms in total. The number of carbonyl (C=O) groups excluding carboxylic acids is 1. The van der Waals surface area contributed by atoms with Crippen LogP contribution in [0.4, 0.5) is 0 Å². The summed E-state index contributed by atoms with van der Waals surface area (Å²) in [6.07, 6.45) is 3.16. The molecule has 1 aromatic rings. The fourth-order valence-electron chi connectivity index (χ4n) is 1.29. The van der Waals surface area contributed by atoms with Crippen LogP contribution in [0, 0.1) is 13.8 Å². The van der Waals surface area contributed by atoms with Crippen molar-refractivity contribution in [3.8, 4) is 0 Å². The number of aryl methyl sites for hydroxylation is 1. The highest BCUT2D eigenvalue weighted by atomic mass is 79.9. The number of carbonyl (C=O) groups is 1. The van der Waals surface area contributed by atoms with Gasteiger partial charge in [0, 0.05) is 6.08 Å². The minimum Gasteiger partial charge on any atom is -0.463 e. The molecule has 88 valence electrons. The molecule has 16 heavy (non-hydrogen) atoms. The first-order valence-electron chi connectivity index (χ1n) is 5.09. The lowest BCUT2D eigenvalue weighted by Crippen LogP contribution is -2.03. The van der Waals surface area contributed by atoms with Gasteiger partial charge in [0.15, 0.2) is 0 Å². The smallest absolute Gasteiger partial charge is 0.330 e. The number of esters is 1. The Bertz CT molecular complexity index is 410. The topological polar surface area (TPSA) is 44.1 Å². The van der Waals surface area contributed by atoms with E-state index in [0.717, 1.165) is 15.9 Å². The molecule has 0 atom stereocenters. The van der Waals surface area contributed by atoms with E-state index >= 15 is 0 Å². The van der Waals surface area contributed by atoms with Gasteiger partial charge in [-0.1, -0.05) is 6.08 Å². The molecule has 0 aromatic carbocycles. The maximum absolute atomic E-state index is 11.0. The van der Waals surface area contributed by atoms with Crippen LogP contribution in [0.5, 0.6) is 0 Å². The Morgan fingerprint density at radius 2 is 2.25 bits per heavy atom. The Morgan fingerprint density at radius 1 is 1.56 bits per heavy atom. The highest BCUT2D eigenvalue weighted by Crippen LogP contribution is 2.19. The summed E-state index contributed by atoms with van der Waals surface area (Å²) in [6, 6.07) is 0. The minimum atomic E-state index is -0.317. The molecule has 1 aromatic heterocycles. The summed E-state index contributed by atoms with van der Waals surface area (Å²) in [7, 11) is 0. The van der Waals surface area contributed by atoms with Gasteiger partial charge < -0.3 is 4.74 Å². The number of hydrogen-bond acceptors (Lipinski definition) is 3. The number of halogens is 1. The molecule has 0 radical (unpaired) electrons. The van der Waals surface area contributed by atoms with E-state index in [4.69, 9.17) is 4.74 Å². The van der Waals surface area contributed by atoms with Crippen molar-refractivity contribution >= 4 is 21.9 Å². The Labute approximate surface area is 103 Å². The SMILES string of the molecule is CCOC(=O)/C=C/Cn1nc(C)c(Br)c1C. The van der Waals surface area contributed by atoms with Gasteiger partial charge in [-0.3, -0.25) is 4.68 Å². The van der Waals surface area contributed by atoms with Crippen molar-refractivity contribution in [1.82, 2.24) is 9.78 Å². The molecule has 0 saturated heterocycles. The fourth-order valence-corrected chi connectivity index (χ4v) is 1.58. The lowest BCUT2D eigenvalue weighted by molar-refractivity contribution is -0.137. The van der Waals surface area contributed by atoms with Gasteiger partial charge in [0.05, 0.1) is 29.0 Å². The van der Waals surface area contributed by atoms with Gasteiger partial charge in [-0.15, -0.1) is 0 Å². The van der Waals surface area contributed by atoms with Gasteiger partial charge in [-0.25, -0.2) is 4.79 Å². The molecule has 0 spiro atoms. The van der Waals surface area contributed by atoms with Crippen LogP contribution in [0.2, 0.25) is 0 Å². The zero-order valence-corrected chi connectivity index (χ0v) is 11.2. The normalized spacial score (nSPS) is 11.0. The second-order valence-corrected chi connectivity index (χ2v) is 4.11. The van der Waals surface area contributed by atoms with E-state index in [1.165, 1.54) is 6.08 Å². The average Bonchev–Trinajstić information content (AvgIpc) is 2.47. The molecule has 0 aliphatic heterocycles. The molecule has 0 amide bonds. The Hall–Kier alpha value is -1.10. The van der Waals surface area contributed by atoms with Crippen LogP contribution in [-0.4, -0.2) is 22.4 Å². The predicted octanol–water partition coefficient (Wildman–Crippen LogP) is 2.38. The second kappa shape index (κ2) is 5.84. The van der Waals surface area contributed by atoms with Gasteiger partial charge in [-0.05, 0) is 36.7 Å². The molecule has 0 N–H and O–H groups in total. The Kier molecular flexibility index (Phi) is 4.73. The highest BCUT2D eigenvalue weighted by Gasteiger charge is 2.06. The van der Waals surface area contributed by atoms with Crippen LogP contribution in [0.15, 0.2) is 16.6 Å². The molecule has 1 rings (SSSR count). The monoisotopic (exact) mass is 286 g/mol. The number of rotatable bonds is 4. The minimum absolute atomic E-state index is 0.317. The lowest BCUT2D eigenvalue weighted by Gasteiger charge is -1.99. The van der Waals surface area contributed by atoms with Crippen LogP contribution in [0.25, 0.3) is 0 Å². The third-order valence-corrected chi connectivity index (χ3v) is 3.26. The summed E-state index contributed by atoms with van der Waals surface area (Å²) in [5.41, 5.74) is 1.99. The Morgan fingerprint density at radius 3 is 2.75 bits per heavy atom. The molecule has 0 aliphatic rings.